The van der Waals surface area contributed by atoms with Crippen molar-refractivity contribution in [3.63, 3.8) is 0 Å². The number of benzene rings is 1. The van der Waals surface area contributed by atoms with Crippen LogP contribution in [0.4, 0.5) is 5.69 Å². The summed E-state index contributed by atoms with van der Waals surface area (Å²) < 4.78 is 5.19. The Bertz CT molecular complexity index is 750. The SMILES string of the molecule is Nc1cccc(/C=C/c2nc(Cc3ccncc3)no2)c1. The summed E-state index contributed by atoms with van der Waals surface area (Å²) in [7, 11) is 0. The summed E-state index contributed by atoms with van der Waals surface area (Å²) in [6.45, 7) is 0. The molecular formula is C16H14N4O. The minimum atomic E-state index is 0.474. The maximum atomic E-state index is 5.73. The predicted octanol–water partition coefficient (Wildman–Crippen LogP) is 2.81. The molecule has 104 valence electrons. The molecule has 5 heteroatoms. The lowest BCUT2D eigenvalue weighted by Gasteiger charge is -1.94. The molecule has 0 unspecified atom stereocenters. The van der Waals surface area contributed by atoms with E-state index in [1.807, 2.05) is 42.5 Å². The lowest BCUT2D eigenvalue weighted by molar-refractivity contribution is 0.404. The van der Waals surface area contributed by atoms with E-state index in [-0.39, 0.29) is 0 Å². The van der Waals surface area contributed by atoms with Gasteiger partial charge in [0.25, 0.3) is 5.89 Å². The Morgan fingerprint density at radius 3 is 2.76 bits per heavy atom. The molecule has 21 heavy (non-hydrogen) atoms. The minimum absolute atomic E-state index is 0.474. The molecule has 0 saturated heterocycles. The molecule has 0 radical (unpaired) electrons. The largest absolute Gasteiger partial charge is 0.399 e. The molecule has 0 spiro atoms. The number of hydrogen-bond acceptors (Lipinski definition) is 5. The van der Waals surface area contributed by atoms with Crippen molar-refractivity contribution in [1.82, 2.24) is 15.1 Å². The normalized spacial score (nSPS) is 11.0. The second kappa shape index (κ2) is 6.00. The lowest BCUT2D eigenvalue weighted by atomic mass is 10.2. The zero-order valence-electron chi connectivity index (χ0n) is 11.3. The summed E-state index contributed by atoms with van der Waals surface area (Å²) >= 11 is 0. The highest BCUT2D eigenvalue weighted by Gasteiger charge is 2.04. The van der Waals surface area contributed by atoms with Crippen molar-refractivity contribution in [3.05, 3.63) is 71.6 Å². The van der Waals surface area contributed by atoms with Gasteiger partial charge in [-0.25, -0.2) is 0 Å². The van der Waals surface area contributed by atoms with Gasteiger partial charge in [0.2, 0.25) is 0 Å². The van der Waals surface area contributed by atoms with Crippen LogP contribution in [0.5, 0.6) is 0 Å². The van der Waals surface area contributed by atoms with Gasteiger partial charge in [0.1, 0.15) is 0 Å². The topological polar surface area (TPSA) is 77.8 Å². The predicted molar refractivity (Wildman–Crippen MR) is 81.1 cm³/mol. The molecule has 0 bridgehead atoms. The summed E-state index contributed by atoms with van der Waals surface area (Å²) in [4.78, 5) is 8.30. The number of aromatic nitrogens is 3. The number of nitrogens with zero attached hydrogens (tertiary/aromatic N) is 3. The third kappa shape index (κ3) is 3.54. The second-order valence-corrected chi connectivity index (χ2v) is 4.58. The number of nitrogen functional groups attached to an aromatic ring is 1. The van der Waals surface area contributed by atoms with E-state index >= 15 is 0 Å². The average Bonchev–Trinajstić information content (AvgIpc) is 2.94. The molecule has 0 aliphatic heterocycles. The number of hydrogen-bond donors (Lipinski definition) is 1. The van der Waals surface area contributed by atoms with E-state index in [0.717, 1.165) is 16.8 Å². The zero-order valence-corrected chi connectivity index (χ0v) is 11.3. The summed E-state index contributed by atoms with van der Waals surface area (Å²) in [6, 6.07) is 11.4. The molecule has 0 aliphatic rings. The van der Waals surface area contributed by atoms with E-state index in [2.05, 4.69) is 15.1 Å². The molecule has 3 aromatic rings. The fourth-order valence-corrected chi connectivity index (χ4v) is 1.92. The van der Waals surface area contributed by atoms with Gasteiger partial charge in [-0.3, -0.25) is 4.98 Å². The van der Waals surface area contributed by atoms with E-state index in [1.54, 1.807) is 18.5 Å². The van der Waals surface area contributed by atoms with Gasteiger partial charge in [-0.2, -0.15) is 4.98 Å². The lowest BCUT2D eigenvalue weighted by Crippen LogP contribution is -1.90. The van der Waals surface area contributed by atoms with Crippen LogP contribution >= 0.6 is 0 Å². The molecule has 0 fully saturated rings. The van der Waals surface area contributed by atoms with Crippen LogP contribution in [0.25, 0.3) is 12.2 Å². The van der Waals surface area contributed by atoms with Gasteiger partial charge in [0.15, 0.2) is 5.82 Å². The van der Waals surface area contributed by atoms with Crippen LogP contribution in [0.3, 0.4) is 0 Å². The minimum Gasteiger partial charge on any atom is -0.399 e. The molecule has 2 aromatic heterocycles. The number of rotatable bonds is 4. The molecule has 3 rings (SSSR count). The first-order valence-corrected chi connectivity index (χ1v) is 6.55. The van der Waals surface area contributed by atoms with Crippen molar-refractivity contribution in [2.45, 2.75) is 6.42 Å². The van der Waals surface area contributed by atoms with Gasteiger partial charge in [-0.1, -0.05) is 17.3 Å². The monoisotopic (exact) mass is 278 g/mol. The Hall–Kier alpha value is -2.95. The van der Waals surface area contributed by atoms with Crippen molar-refractivity contribution in [2.24, 2.45) is 0 Å². The van der Waals surface area contributed by atoms with Gasteiger partial charge in [0.05, 0.1) is 0 Å². The van der Waals surface area contributed by atoms with E-state index in [9.17, 15) is 0 Å². The van der Waals surface area contributed by atoms with E-state index < -0.39 is 0 Å². The molecule has 1 aromatic carbocycles. The second-order valence-electron chi connectivity index (χ2n) is 4.58. The molecule has 0 saturated carbocycles. The van der Waals surface area contributed by atoms with Crippen molar-refractivity contribution >= 4 is 17.8 Å². The Kier molecular flexibility index (Phi) is 3.73. The number of anilines is 1. The summed E-state index contributed by atoms with van der Waals surface area (Å²) in [5, 5.41) is 3.96. The fourth-order valence-electron chi connectivity index (χ4n) is 1.92. The van der Waals surface area contributed by atoms with E-state index in [0.29, 0.717) is 18.1 Å². The molecule has 0 atom stereocenters. The first kappa shape index (κ1) is 13.1. The van der Waals surface area contributed by atoms with Gasteiger partial charge in [0, 0.05) is 30.6 Å². The third-order valence-electron chi connectivity index (χ3n) is 2.92. The Morgan fingerprint density at radius 2 is 1.95 bits per heavy atom. The Balaban J connectivity index is 1.70. The summed E-state index contributed by atoms with van der Waals surface area (Å²) in [6.07, 6.45) is 7.78. The Labute approximate surface area is 122 Å². The van der Waals surface area contributed by atoms with Crippen LogP contribution in [-0.2, 0) is 6.42 Å². The van der Waals surface area contributed by atoms with Crippen molar-refractivity contribution in [2.75, 3.05) is 5.73 Å². The third-order valence-corrected chi connectivity index (χ3v) is 2.92. The van der Waals surface area contributed by atoms with Crippen LogP contribution in [0.15, 0.2) is 53.3 Å². The van der Waals surface area contributed by atoms with Crippen LogP contribution < -0.4 is 5.73 Å². The quantitative estimate of drug-likeness (QED) is 0.742. The van der Waals surface area contributed by atoms with E-state index in [4.69, 9.17) is 10.3 Å². The van der Waals surface area contributed by atoms with Gasteiger partial charge in [-0.05, 0) is 41.5 Å². The fraction of sp³-hybridized carbons (Fsp3) is 0.0625. The van der Waals surface area contributed by atoms with E-state index in [1.165, 1.54) is 0 Å². The van der Waals surface area contributed by atoms with Gasteiger partial charge in [-0.15, -0.1) is 0 Å². The maximum Gasteiger partial charge on any atom is 0.250 e. The standard InChI is InChI=1S/C16H14N4O/c17-14-3-1-2-12(10-14)4-5-16-19-15(20-21-16)11-13-6-8-18-9-7-13/h1-10H,11,17H2/b5-4+. The molecule has 2 heterocycles. The molecule has 5 nitrogen and oxygen atoms in total. The number of pyridine rings is 1. The molecule has 0 aliphatic carbocycles. The highest BCUT2D eigenvalue weighted by molar-refractivity contribution is 5.67. The van der Waals surface area contributed by atoms with Crippen LogP contribution in [0.2, 0.25) is 0 Å². The first-order chi connectivity index (χ1) is 10.3. The molecule has 0 amide bonds. The van der Waals surface area contributed by atoms with Gasteiger partial charge >= 0.3 is 0 Å². The highest BCUT2D eigenvalue weighted by atomic mass is 16.5. The van der Waals surface area contributed by atoms with Gasteiger partial charge < -0.3 is 10.3 Å². The molecular weight excluding hydrogens is 264 g/mol. The smallest absolute Gasteiger partial charge is 0.250 e. The zero-order chi connectivity index (χ0) is 14.5. The highest BCUT2D eigenvalue weighted by Crippen LogP contribution is 2.11. The Morgan fingerprint density at radius 1 is 1.10 bits per heavy atom. The average molecular weight is 278 g/mol. The summed E-state index contributed by atoms with van der Waals surface area (Å²) in [5.41, 5.74) is 8.53. The summed E-state index contributed by atoms with van der Waals surface area (Å²) in [5.74, 6) is 1.12. The van der Waals surface area contributed by atoms with Crippen LogP contribution in [0, 0.1) is 0 Å². The number of nitrogens with two attached hydrogens (primary N) is 1. The maximum absolute atomic E-state index is 5.73. The molecule has 2 N–H and O–H groups in total. The van der Waals surface area contributed by atoms with Crippen LogP contribution in [0.1, 0.15) is 22.8 Å². The van der Waals surface area contributed by atoms with Crippen molar-refractivity contribution in [3.8, 4) is 0 Å². The van der Waals surface area contributed by atoms with Crippen molar-refractivity contribution < 1.29 is 4.52 Å². The first-order valence-electron chi connectivity index (χ1n) is 6.55. The van der Waals surface area contributed by atoms with Crippen LogP contribution in [-0.4, -0.2) is 15.1 Å². The van der Waals surface area contributed by atoms with Crippen molar-refractivity contribution in [1.29, 1.82) is 0 Å².